The maximum atomic E-state index is 12.4. The third-order valence-corrected chi connectivity index (χ3v) is 6.09. The number of Topliss-reactive ketones (excluding diaryl/α,β-unsaturated/α-hetero) is 2. The van der Waals surface area contributed by atoms with Crippen molar-refractivity contribution in [2.75, 3.05) is 13.7 Å². The molecule has 0 fully saturated rings. The van der Waals surface area contributed by atoms with E-state index in [0.29, 0.717) is 22.7 Å². The Morgan fingerprint density at radius 1 is 1.22 bits per heavy atom. The van der Waals surface area contributed by atoms with Gasteiger partial charge in [0.15, 0.2) is 10.5 Å². The van der Waals surface area contributed by atoms with Crippen molar-refractivity contribution in [1.82, 2.24) is 14.8 Å². The largest absolute Gasteiger partial charge is 0.497 e. The first kappa shape index (κ1) is 21.5. The van der Waals surface area contributed by atoms with Crippen LogP contribution in [0, 0.1) is 0 Å². The fourth-order valence-electron chi connectivity index (χ4n) is 2.18. The third-order valence-electron chi connectivity index (χ3n) is 3.80. The van der Waals surface area contributed by atoms with E-state index in [0.717, 1.165) is 6.04 Å². The van der Waals surface area contributed by atoms with Crippen LogP contribution in [0.4, 0.5) is 0 Å². The van der Waals surface area contributed by atoms with Gasteiger partial charge in [-0.25, -0.2) is 4.68 Å². The number of rotatable bonds is 10. The van der Waals surface area contributed by atoms with Gasteiger partial charge >= 0.3 is 0 Å². The molecule has 0 bridgehead atoms. The van der Waals surface area contributed by atoms with Crippen molar-refractivity contribution >= 4 is 35.6 Å². The maximum absolute atomic E-state index is 12.4. The molecule has 0 N–H and O–H groups in total. The molecule has 1 heterocycles. The van der Waals surface area contributed by atoms with Gasteiger partial charge in [-0.3, -0.25) is 9.59 Å². The average Bonchev–Trinajstić information content (AvgIpc) is 2.99. The number of hydrogen-bond donors (Lipinski definition) is 0. The van der Waals surface area contributed by atoms with Gasteiger partial charge in [0.05, 0.1) is 13.5 Å². The quantitative estimate of drug-likeness (QED) is 0.235. The van der Waals surface area contributed by atoms with Gasteiger partial charge < -0.3 is 9.47 Å². The van der Waals surface area contributed by atoms with Crippen LogP contribution in [-0.2, 0) is 11.5 Å². The van der Waals surface area contributed by atoms with Crippen molar-refractivity contribution in [1.29, 1.82) is 0 Å². The van der Waals surface area contributed by atoms with E-state index >= 15 is 0 Å². The number of carbonyl (C=O) groups excluding carboxylic acids is 2. The fraction of sp³-hybridized carbons (Fsp3) is 0.444. The summed E-state index contributed by atoms with van der Waals surface area (Å²) in [4.78, 5) is 28.8. The Bertz CT molecular complexity index is 817. The molecule has 0 unspecified atom stereocenters. The number of aromatic nitrogens is 3. The van der Waals surface area contributed by atoms with E-state index in [9.17, 15) is 9.59 Å². The molecule has 0 aliphatic carbocycles. The van der Waals surface area contributed by atoms with Crippen molar-refractivity contribution in [3.63, 3.8) is 0 Å². The first-order valence-electron chi connectivity index (χ1n) is 8.58. The minimum Gasteiger partial charge on any atom is -0.497 e. The molecule has 0 atom stereocenters. The number of hydrogen-bond acceptors (Lipinski definition) is 6. The molecule has 1 aromatic heterocycles. The molecule has 146 valence electrons. The molecule has 0 aliphatic heterocycles. The molecule has 0 amide bonds. The van der Waals surface area contributed by atoms with Crippen molar-refractivity contribution in [2.24, 2.45) is 0 Å². The summed E-state index contributed by atoms with van der Waals surface area (Å²) in [6, 6.07) is 7.73. The molecule has 1 aromatic carbocycles. The summed E-state index contributed by atoms with van der Waals surface area (Å²) in [7, 11) is 0.361. The molecule has 0 saturated carbocycles. The minimum absolute atomic E-state index is 0.00748. The highest BCUT2D eigenvalue weighted by Crippen LogP contribution is 2.16. The molecule has 9 heteroatoms. The number of ketones is 2. The summed E-state index contributed by atoms with van der Waals surface area (Å²) in [5, 5.41) is 4.14. The standard InChI is InChI=1S/C18H24BrN3O4Si/c1-25-14-7-5-6-13(10-14)15(23)11-16(24)17-20-18(19)22(21-17)12-26-8-9-27(2,3)4/h5-7,10H,8-9,11-12H2,1-4H3. The molecular weight excluding hydrogens is 430 g/mol. The highest BCUT2D eigenvalue weighted by Gasteiger charge is 2.20. The van der Waals surface area contributed by atoms with Crippen LogP contribution in [-0.4, -0.2) is 48.1 Å². The highest BCUT2D eigenvalue weighted by atomic mass is 79.9. The van der Waals surface area contributed by atoms with Gasteiger partial charge in [0.1, 0.15) is 12.5 Å². The predicted molar refractivity (Wildman–Crippen MR) is 108 cm³/mol. The number of nitrogens with zero attached hydrogens (tertiary/aromatic N) is 3. The van der Waals surface area contributed by atoms with Crippen molar-refractivity contribution < 1.29 is 19.1 Å². The Kier molecular flexibility index (Phi) is 7.46. The van der Waals surface area contributed by atoms with E-state index in [2.05, 4.69) is 45.7 Å². The van der Waals surface area contributed by atoms with Crippen LogP contribution < -0.4 is 4.74 Å². The predicted octanol–water partition coefficient (Wildman–Crippen LogP) is 3.82. The Labute approximate surface area is 168 Å². The van der Waals surface area contributed by atoms with Crippen LogP contribution in [0.3, 0.4) is 0 Å². The zero-order valence-corrected chi connectivity index (χ0v) is 18.6. The van der Waals surface area contributed by atoms with Gasteiger partial charge in [0.2, 0.25) is 11.6 Å². The molecule has 0 radical (unpaired) electrons. The normalized spacial score (nSPS) is 11.4. The van der Waals surface area contributed by atoms with Crippen LogP contribution in [0.2, 0.25) is 25.7 Å². The lowest BCUT2D eigenvalue weighted by Gasteiger charge is -2.15. The van der Waals surface area contributed by atoms with Crippen LogP contribution in [0.1, 0.15) is 27.4 Å². The van der Waals surface area contributed by atoms with Crippen LogP contribution in [0.5, 0.6) is 5.75 Å². The lowest BCUT2D eigenvalue weighted by molar-refractivity contribution is 0.0759. The van der Waals surface area contributed by atoms with E-state index in [1.165, 1.54) is 11.8 Å². The molecular formula is C18H24BrN3O4Si. The molecule has 0 aliphatic rings. The number of benzene rings is 1. The second-order valence-corrected chi connectivity index (χ2v) is 13.6. The summed E-state index contributed by atoms with van der Waals surface area (Å²) in [6.07, 6.45) is -0.305. The Morgan fingerprint density at radius 2 is 1.96 bits per heavy atom. The van der Waals surface area contributed by atoms with Crippen LogP contribution >= 0.6 is 15.9 Å². The first-order chi connectivity index (χ1) is 12.7. The summed E-state index contributed by atoms with van der Waals surface area (Å²) in [5.74, 6) is -0.192. The van der Waals surface area contributed by atoms with E-state index in [1.807, 2.05) is 0 Å². The fourth-order valence-corrected chi connectivity index (χ4v) is 3.28. The molecule has 7 nitrogen and oxygen atoms in total. The lowest BCUT2D eigenvalue weighted by atomic mass is 10.1. The molecule has 27 heavy (non-hydrogen) atoms. The van der Waals surface area contributed by atoms with Gasteiger partial charge in [0.25, 0.3) is 0 Å². The maximum Gasteiger partial charge on any atom is 0.218 e. The Hall–Kier alpha value is -1.84. The SMILES string of the molecule is COc1cccc(C(=O)CC(=O)c2nc(Br)n(COCC[Si](C)(C)C)n2)c1. The zero-order valence-electron chi connectivity index (χ0n) is 16.0. The Morgan fingerprint density at radius 3 is 2.63 bits per heavy atom. The number of ether oxygens (including phenoxy) is 2. The molecule has 0 saturated heterocycles. The minimum atomic E-state index is -1.16. The number of halogens is 1. The van der Waals surface area contributed by atoms with Crippen molar-refractivity contribution in [3.8, 4) is 5.75 Å². The van der Waals surface area contributed by atoms with Crippen LogP contribution in [0.15, 0.2) is 29.0 Å². The summed E-state index contributed by atoms with van der Waals surface area (Å²) < 4.78 is 12.6. The number of carbonyl (C=O) groups is 2. The van der Waals surface area contributed by atoms with Gasteiger partial charge in [-0.1, -0.05) is 31.8 Å². The zero-order chi connectivity index (χ0) is 20.0. The van der Waals surface area contributed by atoms with Gasteiger partial charge in [-0.15, -0.1) is 5.10 Å². The van der Waals surface area contributed by atoms with E-state index in [1.54, 1.807) is 24.3 Å². The van der Waals surface area contributed by atoms with Gasteiger partial charge in [-0.2, -0.15) is 4.98 Å². The van der Waals surface area contributed by atoms with E-state index < -0.39 is 13.9 Å². The summed E-state index contributed by atoms with van der Waals surface area (Å²) in [5.41, 5.74) is 0.413. The van der Waals surface area contributed by atoms with Crippen molar-refractivity contribution in [3.05, 3.63) is 40.4 Å². The third kappa shape index (κ3) is 6.67. The Balaban J connectivity index is 1.95. The summed E-state index contributed by atoms with van der Waals surface area (Å²) >= 11 is 3.27. The van der Waals surface area contributed by atoms with E-state index in [4.69, 9.17) is 9.47 Å². The average molecular weight is 454 g/mol. The molecule has 0 spiro atoms. The molecule has 2 rings (SSSR count). The van der Waals surface area contributed by atoms with Gasteiger partial charge in [0, 0.05) is 20.2 Å². The first-order valence-corrected chi connectivity index (χ1v) is 13.1. The summed E-state index contributed by atoms with van der Waals surface area (Å²) in [6.45, 7) is 7.67. The monoisotopic (exact) mass is 453 g/mol. The highest BCUT2D eigenvalue weighted by molar-refractivity contribution is 9.10. The second kappa shape index (κ2) is 9.38. The van der Waals surface area contributed by atoms with E-state index in [-0.39, 0.29) is 24.8 Å². The second-order valence-electron chi connectivity index (χ2n) is 7.31. The topological polar surface area (TPSA) is 83.3 Å². The van der Waals surface area contributed by atoms with Crippen molar-refractivity contribution in [2.45, 2.75) is 38.8 Å². The van der Waals surface area contributed by atoms with Gasteiger partial charge in [-0.05, 0) is 34.1 Å². The van der Waals surface area contributed by atoms with Crippen LogP contribution in [0.25, 0.3) is 0 Å². The number of methoxy groups -OCH3 is 1. The molecule has 2 aromatic rings. The smallest absolute Gasteiger partial charge is 0.218 e. The lowest BCUT2D eigenvalue weighted by Crippen LogP contribution is -2.22.